The van der Waals surface area contributed by atoms with E-state index in [0.29, 0.717) is 5.56 Å². The largest absolute Gasteiger partial charge is 0.467 e. The molecule has 136 valence electrons. The van der Waals surface area contributed by atoms with Crippen LogP contribution in [0.2, 0.25) is 0 Å². The number of esters is 1. The molecule has 1 aliphatic rings. The highest BCUT2D eigenvalue weighted by molar-refractivity contribution is 7.80. The number of ketones is 1. The van der Waals surface area contributed by atoms with E-state index in [1.54, 1.807) is 24.3 Å². The number of carbonyl (C=O) groups is 3. The zero-order valence-corrected chi connectivity index (χ0v) is 15.1. The highest BCUT2D eigenvalue weighted by Gasteiger charge is 2.55. The lowest BCUT2D eigenvalue weighted by atomic mass is 9.77. The number of nitrogens with zero attached hydrogens (tertiary/aromatic N) is 1. The molecule has 7 nitrogen and oxygen atoms in total. The van der Waals surface area contributed by atoms with Crippen LogP contribution in [-0.2, 0) is 14.3 Å². The minimum Gasteiger partial charge on any atom is -0.467 e. The second kappa shape index (κ2) is 7.13. The Kier molecular flexibility index (Phi) is 4.88. The fourth-order valence-electron chi connectivity index (χ4n) is 3.17. The summed E-state index contributed by atoms with van der Waals surface area (Å²) in [5.41, 5.74) is -1.53. The number of hydrogen-bond acceptors (Lipinski definition) is 6. The zero-order valence-electron chi connectivity index (χ0n) is 14.3. The average Bonchev–Trinajstić information content (AvgIpc) is 2.66. The van der Waals surface area contributed by atoms with E-state index in [2.05, 4.69) is 10.6 Å². The number of carbonyl (C=O) groups excluding carboxylic acids is 3. The third-order valence-corrected chi connectivity index (χ3v) is 4.72. The molecule has 0 aromatic heterocycles. The molecule has 1 saturated heterocycles. The van der Waals surface area contributed by atoms with Gasteiger partial charge in [0.05, 0.1) is 13.2 Å². The number of fused-ring (bicyclic) bond motifs is 1. The van der Waals surface area contributed by atoms with Gasteiger partial charge >= 0.3 is 5.97 Å². The van der Waals surface area contributed by atoms with E-state index in [4.69, 9.17) is 17.0 Å². The summed E-state index contributed by atoms with van der Waals surface area (Å²) in [4.78, 5) is 37.6. The molecular weight excluding hydrogens is 366 g/mol. The van der Waals surface area contributed by atoms with E-state index >= 15 is 0 Å². The lowest BCUT2D eigenvalue weighted by molar-refractivity contribution is -0.152. The summed E-state index contributed by atoms with van der Waals surface area (Å²) in [7, 11) is 1.12. The van der Waals surface area contributed by atoms with E-state index in [1.165, 1.54) is 0 Å². The number of ether oxygens (including phenoxy) is 1. The Morgan fingerprint density at radius 3 is 2.63 bits per heavy atom. The van der Waals surface area contributed by atoms with Crippen molar-refractivity contribution in [1.82, 2.24) is 10.6 Å². The number of hydrogen-bond donors (Lipinski definition) is 2. The summed E-state index contributed by atoms with van der Waals surface area (Å²) >= 11 is 4.96. The fourth-order valence-corrected chi connectivity index (χ4v) is 3.45. The van der Waals surface area contributed by atoms with E-state index in [-0.39, 0.29) is 5.11 Å². The van der Waals surface area contributed by atoms with Crippen LogP contribution in [0, 0.1) is 17.2 Å². The number of thiocarbonyl (C=S) groups is 1. The van der Waals surface area contributed by atoms with Gasteiger partial charge in [-0.15, -0.1) is 0 Å². The average molecular weight is 381 g/mol. The molecule has 2 atom stereocenters. The number of amides is 1. The smallest absolute Gasteiger partial charge is 0.334 e. The van der Waals surface area contributed by atoms with E-state index in [0.717, 1.165) is 17.9 Å². The second-order valence-electron chi connectivity index (χ2n) is 6.13. The lowest BCUT2D eigenvalue weighted by Crippen LogP contribution is -2.70. The van der Waals surface area contributed by atoms with Crippen LogP contribution in [0.15, 0.2) is 42.5 Å². The molecule has 2 N–H and O–H groups in total. The summed E-state index contributed by atoms with van der Waals surface area (Å²) in [6.45, 7) is 0. The standard InChI is InChI=1S/C19H15N3O4S/c1-26-17(25)19(14(10-20)16(24)21-18(27)22-19)9-15(23)13-7-6-11-4-2-3-5-12(11)8-13/h2-8,14H,9H2,1H3,(H2,21,22,24,27). The van der Waals surface area contributed by atoms with Gasteiger partial charge in [0.1, 0.15) is 0 Å². The summed E-state index contributed by atoms with van der Waals surface area (Å²) in [6.07, 6.45) is -0.455. The highest BCUT2D eigenvalue weighted by Crippen LogP contribution is 2.29. The molecule has 1 aliphatic heterocycles. The Morgan fingerprint density at radius 1 is 1.26 bits per heavy atom. The number of benzene rings is 2. The Hall–Kier alpha value is -3.31. The van der Waals surface area contributed by atoms with Gasteiger partial charge in [-0.3, -0.25) is 9.59 Å². The van der Waals surface area contributed by atoms with Crippen LogP contribution in [0.5, 0.6) is 0 Å². The maximum absolute atomic E-state index is 12.9. The van der Waals surface area contributed by atoms with Gasteiger partial charge in [0.15, 0.2) is 22.4 Å². The van der Waals surface area contributed by atoms with Crippen LogP contribution in [0.1, 0.15) is 16.8 Å². The molecule has 0 saturated carbocycles. The second-order valence-corrected chi connectivity index (χ2v) is 6.54. The first kappa shape index (κ1) is 18.5. The van der Waals surface area contributed by atoms with E-state index in [9.17, 15) is 19.6 Å². The van der Waals surface area contributed by atoms with Crippen molar-refractivity contribution in [3.63, 3.8) is 0 Å². The minimum atomic E-state index is -1.88. The molecule has 0 aliphatic carbocycles. The monoisotopic (exact) mass is 381 g/mol. The third-order valence-electron chi connectivity index (χ3n) is 4.52. The molecule has 0 radical (unpaired) electrons. The molecule has 27 heavy (non-hydrogen) atoms. The molecule has 1 heterocycles. The number of nitrogens with one attached hydrogen (secondary N) is 2. The Morgan fingerprint density at radius 2 is 1.96 bits per heavy atom. The van der Waals surface area contributed by atoms with Crippen molar-refractivity contribution < 1.29 is 19.1 Å². The van der Waals surface area contributed by atoms with Crippen molar-refractivity contribution >= 4 is 45.8 Å². The van der Waals surface area contributed by atoms with E-state index < -0.39 is 35.5 Å². The number of methoxy groups -OCH3 is 1. The normalized spacial score (nSPS) is 21.7. The van der Waals surface area contributed by atoms with Gasteiger partial charge in [0, 0.05) is 12.0 Å². The van der Waals surface area contributed by atoms with Gasteiger partial charge in [-0.25, -0.2) is 4.79 Å². The molecule has 8 heteroatoms. The maximum Gasteiger partial charge on any atom is 0.334 e. The van der Waals surface area contributed by atoms with Crippen molar-refractivity contribution in [2.75, 3.05) is 7.11 Å². The number of nitriles is 1. The van der Waals surface area contributed by atoms with Crippen molar-refractivity contribution in [2.24, 2.45) is 5.92 Å². The molecule has 0 spiro atoms. The van der Waals surface area contributed by atoms with E-state index in [1.807, 2.05) is 24.3 Å². The first-order valence-electron chi connectivity index (χ1n) is 8.04. The van der Waals surface area contributed by atoms with Gasteiger partial charge in [-0.2, -0.15) is 5.26 Å². The molecule has 2 aromatic carbocycles. The fraction of sp³-hybridized carbons (Fsp3) is 0.211. The topological polar surface area (TPSA) is 108 Å². The van der Waals surface area contributed by atoms with Gasteiger partial charge in [0.25, 0.3) is 0 Å². The molecule has 0 bridgehead atoms. The van der Waals surface area contributed by atoms with Crippen molar-refractivity contribution in [2.45, 2.75) is 12.0 Å². The van der Waals surface area contributed by atoms with Crippen molar-refractivity contribution in [1.29, 1.82) is 5.26 Å². The van der Waals surface area contributed by atoms with Crippen LogP contribution in [-0.4, -0.2) is 35.4 Å². The van der Waals surface area contributed by atoms with Gasteiger partial charge in [-0.05, 0) is 29.1 Å². The number of Topliss-reactive ketones (excluding diaryl/α,β-unsaturated/α-hetero) is 1. The van der Waals surface area contributed by atoms with Crippen LogP contribution in [0.25, 0.3) is 10.8 Å². The van der Waals surface area contributed by atoms with Crippen molar-refractivity contribution in [3.05, 3.63) is 48.0 Å². The minimum absolute atomic E-state index is 0.136. The first-order chi connectivity index (χ1) is 12.9. The Labute approximate surface area is 160 Å². The van der Waals surface area contributed by atoms with Crippen LogP contribution in [0.3, 0.4) is 0 Å². The highest BCUT2D eigenvalue weighted by atomic mass is 32.1. The summed E-state index contributed by atoms with van der Waals surface area (Å²) in [5, 5.41) is 16.0. The predicted molar refractivity (Wildman–Crippen MR) is 101 cm³/mol. The Bertz CT molecular complexity index is 1010. The zero-order chi connectivity index (χ0) is 19.6. The molecule has 1 fully saturated rings. The Balaban J connectivity index is 2.02. The SMILES string of the molecule is COC(=O)C1(CC(=O)c2ccc3ccccc3c2)NC(=S)NC(=O)C1C#N. The first-order valence-corrected chi connectivity index (χ1v) is 8.45. The quantitative estimate of drug-likeness (QED) is 0.469. The maximum atomic E-state index is 12.9. The summed E-state index contributed by atoms with van der Waals surface area (Å²) in [6, 6.07) is 14.4. The molecular formula is C19H15N3O4S. The molecule has 3 rings (SSSR count). The summed E-state index contributed by atoms with van der Waals surface area (Å²) < 4.78 is 4.78. The van der Waals surface area contributed by atoms with Crippen molar-refractivity contribution in [3.8, 4) is 6.07 Å². The lowest BCUT2D eigenvalue weighted by Gasteiger charge is -2.38. The number of rotatable bonds is 4. The van der Waals surface area contributed by atoms with Crippen LogP contribution in [0.4, 0.5) is 0 Å². The molecule has 2 aromatic rings. The van der Waals surface area contributed by atoms with Gasteiger partial charge in [-0.1, -0.05) is 36.4 Å². The van der Waals surface area contributed by atoms with Crippen LogP contribution < -0.4 is 10.6 Å². The molecule has 2 unspecified atom stereocenters. The predicted octanol–water partition coefficient (Wildman–Crippen LogP) is 1.47. The van der Waals surface area contributed by atoms with Gasteiger partial charge in [0.2, 0.25) is 5.91 Å². The van der Waals surface area contributed by atoms with Crippen LogP contribution >= 0.6 is 12.2 Å². The van der Waals surface area contributed by atoms with Gasteiger partial charge < -0.3 is 15.4 Å². The third kappa shape index (κ3) is 3.25. The molecule has 1 amide bonds. The summed E-state index contributed by atoms with van der Waals surface area (Å²) in [5.74, 6) is -3.55.